The molecule has 6 rings (SSSR count). The maximum atomic E-state index is 13.8. The van der Waals surface area contributed by atoms with Crippen LogP contribution in [0.15, 0.2) is 54.7 Å². The standard InChI is InChI=1S/C39H43F3NO/c1-22(2)16-24-11-13-27-29(17-24)23(3)33-35-34-28(14-15-43(35)9)30-18-25(20-38(7,8)39(40,41)42)10-12-26(30)19-32(34)44-36(33)31(27)21-37(4,5)6/h10-15,17-19,22H,16,20-21H2,1-9H3/q+1. The summed E-state index contributed by atoms with van der Waals surface area (Å²) >= 11 is 0. The molecule has 2 nitrogen and oxygen atoms in total. The van der Waals surface area contributed by atoms with Crippen molar-refractivity contribution in [2.45, 2.75) is 80.8 Å². The molecule has 1 aliphatic rings. The average molecular weight is 599 g/mol. The Morgan fingerprint density at radius 3 is 2.14 bits per heavy atom. The van der Waals surface area contributed by atoms with E-state index in [1.54, 1.807) is 0 Å². The molecular formula is C39H43F3NO+. The van der Waals surface area contributed by atoms with E-state index in [2.05, 4.69) is 89.7 Å². The molecule has 2 heterocycles. The Balaban J connectivity index is 1.66. The minimum atomic E-state index is -4.28. The SMILES string of the molecule is Cc1c2c(c(CC(C)(C)C)c3ccc(CC(C)C)cc13)Oc1cc3ccc(CC(C)(C)C(F)(F)F)cc3c3cc[n+](C)c-2c13. The summed E-state index contributed by atoms with van der Waals surface area (Å²) in [5.41, 5.74) is 4.82. The Kier molecular flexibility index (Phi) is 7.07. The van der Waals surface area contributed by atoms with Crippen molar-refractivity contribution in [3.8, 4) is 22.8 Å². The van der Waals surface area contributed by atoms with Gasteiger partial charge in [-0.3, -0.25) is 0 Å². The van der Waals surface area contributed by atoms with E-state index in [0.717, 1.165) is 57.1 Å². The van der Waals surface area contributed by atoms with E-state index in [0.29, 0.717) is 11.5 Å². The van der Waals surface area contributed by atoms with Crippen LogP contribution in [0.3, 0.4) is 0 Å². The zero-order chi connectivity index (χ0) is 31.9. The highest BCUT2D eigenvalue weighted by molar-refractivity contribution is 6.16. The summed E-state index contributed by atoms with van der Waals surface area (Å²) in [7, 11) is 2.07. The molecule has 0 aliphatic carbocycles. The Labute approximate surface area is 258 Å². The molecule has 0 radical (unpaired) electrons. The molecule has 230 valence electrons. The molecule has 0 N–H and O–H groups in total. The van der Waals surface area contributed by atoms with Crippen molar-refractivity contribution in [2.75, 3.05) is 0 Å². The van der Waals surface area contributed by atoms with E-state index in [4.69, 9.17) is 4.74 Å². The van der Waals surface area contributed by atoms with E-state index in [1.807, 2.05) is 18.2 Å². The van der Waals surface area contributed by atoms with Crippen LogP contribution in [-0.2, 0) is 26.3 Å². The van der Waals surface area contributed by atoms with Crippen LogP contribution < -0.4 is 9.30 Å². The quantitative estimate of drug-likeness (QED) is 0.142. The maximum Gasteiger partial charge on any atom is 0.394 e. The highest BCUT2D eigenvalue weighted by atomic mass is 19.4. The van der Waals surface area contributed by atoms with Crippen LogP contribution in [0.1, 0.15) is 70.7 Å². The number of hydrogen-bond donors (Lipinski definition) is 0. The van der Waals surface area contributed by atoms with E-state index < -0.39 is 11.6 Å². The van der Waals surface area contributed by atoms with Crippen LogP contribution in [0.25, 0.3) is 43.6 Å². The van der Waals surface area contributed by atoms with Crippen molar-refractivity contribution in [3.63, 3.8) is 0 Å². The summed E-state index contributed by atoms with van der Waals surface area (Å²) in [4.78, 5) is 0. The van der Waals surface area contributed by atoms with Crippen molar-refractivity contribution in [3.05, 3.63) is 77.0 Å². The van der Waals surface area contributed by atoms with Gasteiger partial charge in [0.1, 0.15) is 18.5 Å². The third-order valence-electron chi connectivity index (χ3n) is 9.17. The summed E-state index contributed by atoms with van der Waals surface area (Å²) in [6, 6.07) is 16.8. The highest BCUT2D eigenvalue weighted by Gasteiger charge is 2.47. The monoisotopic (exact) mass is 598 g/mol. The number of halogens is 3. The largest absolute Gasteiger partial charge is 0.455 e. The zero-order valence-corrected chi connectivity index (χ0v) is 27.4. The van der Waals surface area contributed by atoms with E-state index >= 15 is 0 Å². The predicted molar refractivity (Wildman–Crippen MR) is 176 cm³/mol. The lowest BCUT2D eigenvalue weighted by atomic mass is 9.81. The Hall–Kier alpha value is -3.60. The van der Waals surface area contributed by atoms with Gasteiger partial charge in [0.05, 0.1) is 16.4 Å². The number of nitrogens with zero attached hydrogens (tertiary/aromatic N) is 1. The van der Waals surface area contributed by atoms with Gasteiger partial charge in [0.15, 0.2) is 6.20 Å². The zero-order valence-electron chi connectivity index (χ0n) is 27.4. The van der Waals surface area contributed by atoms with Gasteiger partial charge in [-0.05, 0) is 81.8 Å². The molecule has 0 unspecified atom stereocenters. The number of fused-ring (bicyclic) bond motifs is 5. The molecular weight excluding hydrogens is 555 g/mol. The van der Waals surface area contributed by atoms with Crippen LogP contribution >= 0.6 is 0 Å². The fraction of sp³-hybridized carbons (Fsp3) is 0.410. The molecule has 0 saturated heterocycles. The lowest BCUT2D eigenvalue weighted by molar-refractivity contribution is -0.659. The minimum absolute atomic E-state index is 0.0361. The average Bonchev–Trinajstić information content (AvgIpc) is 2.90. The van der Waals surface area contributed by atoms with Crippen LogP contribution in [0.4, 0.5) is 13.2 Å². The molecule has 5 heteroatoms. The van der Waals surface area contributed by atoms with Crippen LogP contribution in [-0.4, -0.2) is 6.18 Å². The Morgan fingerprint density at radius 1 is 0.795 bits per heavy atom. The number of rotatable bonds is 5. The molecule has 0 amide bonds. The lowest BCUT2D eigenvalue weighted by Crippen LogP contribution is -2.34. The van der Waals surface area contributed by atoms with Gasteiger partial charge in [-0.1, -0.05) is 84.9 Å². The first-order valence-electron chi connectivity index (χ1n) is 15.7. The van der Waals surface area contributed by atoms with Crippen LogP contribution in [0, 0.1) is 23.7 Å². The third kappa shape index (κ3) is 5.12. The number of hydrogen-bond acceptors (Lipinski definition) is 1. The van der Waals surface area contributed by atoms with Gasteiger partial charge in [-0.15, -0.1) is 0 Å². The predicted octanol–water partition coefficient (Wildman–Crippen LogP) is 11.0. The molecule has 4 aromatic carbocycles. The minimum Gasteiger partial charge on any atom is -0.455 e. The molecule has 1 aliphatic heterocycles. The number of aryl methyl sites for hydroxylation is 2. The van der Waals surface area contributed by atoms with E-state index in [1.165, 1.54) is 41.3 Å². The van der Waals surface area contributed by atoms with Gasteiger partial charge in [-0.25, -0.2) is 4.57 Å². The first-order chi connectivity index (χ1) is 20.4. The Bertz CT molecular complexity index is 1960. The Morgan fingerprint density at radius 2 is 1.48 bits per heavy atom. The van der Waals surface area contributed by atoms with E-state index in [-0.39, 0.29) is 11.8 Å². The van der Waals surface area contributed by atoms with Gasteiger partial charge in [0.25, 0.3) is 0 Å². The number of ether oxygens (including phenoxy) is 1. The van der Waals surface area contributed by atoms with Crippen LogP contribution in [0.2, 0.25) is 0 Å². The molecule has 44 heavy (non-hydrogen) atoms. The van der Waals surface area contributed by atoms with Crippen LogP contribution in [0.5, 0.6) is 11.5 Å². The van der Waals surface area contributed by atoms with Gasteiger partial charge in [-0.2, -0.15) is 13.2 Å². The highest BCUT2D eigenvalue weighted by Crippen LogP contribution is 2.53. The molecule has 0 saturated carbocycles. The van der Waals surface area contributed by atoms with Crippen molar-refractivity contribution in [1.82, 2.24) is 0 Å². The molecule has 0 fully saturated rings. The number of aromatic nitrogens is 1. The second-order valence-corrected chi connectivity index (χ2v) is 15.2. The fourth-order valence-electron chi connectivity index (χ4n) is 6.96. The topological polar surface area (TPSA) is 13.1 Å². The van der Waals surface area contributed by atoms with E-state index in [9.17, 15) is 13.2 Å². The maximum absolute atomic E-state index is 13.8. The van der Waals surface area contributed by atoms with Crippen molar-refractivity contribution >= 4 is 32.3 Å². The van der Waals surface area contributed by atoms with Crippen molar-refractivity contribution in [1.29, 1.82) is 0 Å². The van der Waals surface area contributed by atoms with Gasteiger partial charge in [0.2, 0.25) is 5.69 Å². The second-order valence-electron chi connectivity index (χ2n) is 15.2. The van der Waals surface area contributed by atoms with Gasteiger partial charge in [0, 0.05) is 17.0 Å². The lowest BCUT2D eigenvalue weighted by Gasteiger charge is -2.29. The smallest absolute Gasteiger partial charge is 0.394 e. The first-order valence-corrected chi connectivity index (χ1v) is 15.7. The summed E-state index contributed by atoms with van der Waals surface area (Å²) < 4.78 is 50.5. The number of pyridine rings is 1. The first kappa shape index (κ1) is 30.4. The summed E-state index contributed by atoms with van der Waals surface area (Å²) in [5.74, 6) is 2.26. The van der Waals surface area contributed by atoms with Crippen molar-refractivity contribution < 1.29 is 22.5 Å². The summed E-state index contributed by atoms with van der Waals surface area (Å²) in [5, 5.41) is 6.39. The van der Waals surface area contributed by atoms with Gasteiger partial charge < -0.3 is 4.74 Å². The van der Waals surface area contributed by atoms with Crippen molar-refractivity contribution in [2.24, 2.45) is 23.8 Å². The third-order valence-corrected chi connectivity index (χ3v) is 9.17. The molecule has 0 spiro atoms. The normalized spacial score (nSPS) is 13.7. The summed E-state index contributed by atoms with van der Waals surface area (Å²) in [6.45, 7) is 16.0. The van der Waals surface area contributed by atoms with Gasteiger partial charge >= 0.3 is 6.18 Å². The molecule has 0 bridgehead atoms. The molecule has 0 atom stereocenters. The second kappa shape index (κ2) is 10.2. The number of benzene rings is 4. The molecule has 1 aromatic heterocycles. The molecule has 5 aromatic rings. The number of alkyl halides is 3. The fourth-order valence-corrected chi connectivity index (χ4v) is 6.96. The summed E-state index contributed by atoms with van der Waals surface area (Å²) in [6.07, 6.45) is -0.417.